The van der Waals surface area contributed by atoms with Gasteiger partial charge in [-0.1, -0.05) is 86.0 Å². The van der Waals surface area contributed by atoms with Crippen molar-refractivity contribution in [1.82, 2.24) is 10.2 Å². The summed E-state index contributed by atoms with van der Waals surface area (Å²) in [6.07, 6.45) is 5.92. The van der Waals surface area contributed by atoms with Crippen molar-refractivity contribution in [2.75, 3.05) is 0 Å². The molecule has 34 heavy (non-hydrogen) atoms. The molecule has 0 radical (unpaired) electrons. The fraction of sp³-hybridized carbons (Fsp3) is 0.379. The highest BCUT2D eigenvalue weighted by molar-refractivity contribution is 6.30. The zero-order valence-corrected chi connectivity index (χ0v) is 20.6. The number of amides is 2. The molecule has 0 heterocycles. The van der Waals surface area contributed by atoms with E-state index in [-0.39, 0.29) is 17.9 Å². The molecule has 1 fully saturated rings. The number of aryl methyl sites for hydroxylation is 1. The Balaban J connectivity index is 1.53. The van der Waals surface area contributed by atoms with Crippen LogP contribution in [0.3, 0.4) is 0 Å². The quantitative estimate of drug-likeness (QED) is 0.394. The van der Waals surface area contributed by atoms with E-state index < -0.39 is 6.04 Å². The second-order valence-electron chi connectivity index (χ2n) is 9.20. The third kappa shape index (κ3) is 5.98. The Hall–Kier alpha value is -2.85. The second kappa shape index (κ2) is 11.5. The van der Waals surface area contributed by atoms with Crippen LogP contribution in [0.15, 0.2) is 66.7 Å². The van der Waals surface area contributed by atoms with E-state index in [0.717, 1.165) is 36.8 Å². The molecular formula is C29H33ClN2O2. The highest BCUT2D eigenvalue weighted by atomic mass is 35.5. The predicted octanol–water partition coefficient (Wildman–Crippen LogP) is 6.29. The number of fused-ring (bicyclic) bond motifs is 1. The molecule has 0 aromatic heterocycles. The summed E-state index contributed by atoms with van der Waals surface area (Å²) in [5, 5.41) is 6.21. The minimum absolute atomic E-state index is 0.00342. The summed E-state index contributed by atoms with van der Waals surface area (Å²) < 4.78 is 0. The Morgan fingerprint density at radius 1 is 1.00 bits per heavy atom. The minimum Gasteiger partial charge on any atom is -0.352 e. The maximum Gasteiger partial charge on any atom is 0.243 e. The third-order valence-electron chi connectivity index (χ3n) is 6.84. The third-order valence-corrected chi connectivity index (χ3v) is 7.09. The van der Waals surface area contributed by atoms with Gasteiger partial charge in [-0.2, -0.15) is 0 Å². The Bertz CT molecular complexity index is 1120. The van der Waals surface area contributed by atoms with Crippen LogP contribution in [0.1, 0.15) is 56.6 Å². The van der Waals surface area contributed by atoms with Crippen LogP contribution in [0.2, 0.25) is 5.02 Å². The van der Waals surface area contributed by atoms with Crippen molar-refractivity contribution in [3.05, 3.63) is 82.9 Å². The average molecular weight is 477 g/mol. The molecule has 4 nitrogen and oxygen atoms in total. The molecule has 3 aromatic rings. The average Bonchev–Trinajstić information content (AvgIpc) is 3.36. The standard InChI is InChI=1S/C29H33ClN2O2/c1-2-27(29(34)31-25-11-4-5-12-25)32(20-21-14-17-24(30)18-15-21)28(33)19-16-23-10-7-9-22-8-3-6-13-26(22)23/h3,6-10,13-15,17-18,25,27H,2,4-5,11-12,16,19-20H2,1H3,(H,31,34). The topological polar surface area (TPSA) is 49.4 Å². The lowest BCUT2D eigenvalue weighted by Crippen LogP contribution is -2.51. The summed E-state index contributed by atoms with van der Waals surface area (Å²) in [7, 11) is 0. The van der Waals surface area contributed by atoms with Crippen LogP contribution in [-0.2, 0) is 22.6 Å². The maximum absolute atomic E-state index is 13.6. The Labute approximate surface area is 207 Å². The number of nitrogens with zero attached hydrogens (tertiary/aromatic N) is 1. The highest BCUT2D eigenvalue weighted by Gasteiger charge is 2.30. The summed E-state index contributed by atoms with van der Waals surface area (Å²) in [4.78, 5) is 28.6. The first-order valence-corrected chi connectivity index (χ1v) is 12.7. The maximum atomic E-state index is 13.6. The first-order valence-electron chi connectivity index (χ1n) is 12.4. The van der Waals surface area contributed by atoms with Gasteiger partial charge in [0, 0.05) is 24.0 Å². The zero-order valence-electron chi connectivity index (χ0n) is 19.8. The molecule has 0 aliphatic heterocycles. The molecule has 0 spiro atoms. The molecule has 1 aliphatic rings. The summed E-state index contributed by atoms with van der Waals surface area (Å²) in [5.74, 6) is -0.0434. The van der Waals surface area contributed by atoms with Crippen LogP contribution >= 0.6 is 11.6 Å². The van der Waals surface area contributed by atoms with Crippen molar-refractivity contribution in [2.24, 2.45) is 0 Å². The molecule has 0 saturated heterocycles. The van der Waals surface area contributed by atoms with Gasteiger partial charge in [-0.15, -0.1) is 0 Å². The van der Waals surface area contributed by atoms with Gasteiger partial charge in [0.2, 0.25) is 11.8 Å². The normalized spacial score (nSPS) is 14.8. The van der Waals surface area contributed by atoms with Gasteiger partial charge in [-0.25, -0.2) is 0 Å². The molecule has 178 valence electrons. The van der Waals surface area contributed by atoms with Gasteiger partial charge in [0.15, 0.2) is 0 Å². The second-order valence-corrected chi connectivity index (χ2v) is 9.64. The Morgan fingerprint density at radius 3 is 2.44 bits per heavy atom. The van der Waals surface area contributed by atoms with E-state index in [9.17, 15) is 9.59 Å². The molecule has 2 amide bonds. The van der Waals surface area contributed by atoms with Crippen molar-refractivity contribution < 1.29 is 9.59 Å². The molecule has 1 unspecified atom stereocenters. The van der Waals surface area contributed by atoms with E-state index >= 15 is 0 Å². The van der Waals surface area contributed by atoms with Crippen molar-refractivity contribution in [3.63, 3.8) is 0 Å². The molecule has 5 heteroatoms. The molecule has 4 rings (SSSR count). The number of hydrogen-bond acceptors (Lipinski definition) is 2. The monoisotopic (exact) mass is 476 g/mol. The summed E-state index contributed by atoms with van der Waals surface area (Å²) in [6, 6.07) is 21.7. The Kier molecular flexibility index (Phi) is 8.23. The van der Waals surface area contributed by atoms with Crippen molar-refractivity contribution >= 4 is 34.2 Å². The Morgan fingerprint density at radius 2 is 1.71 bits per heavy atom. The molecule has 1 N–H and O–H groups in total. The van der Waals surface area contributed by atoms with Crippen LogP contribution in [-0.4, -0.2) is 28.8 Å². The predicted molar refractivity (Wildman–Crippen MR) is 139 cm³/mol. The van der Waals surface area contributed by atoms with Gasteiger partial charge in [-0.05, 0) is 59.7 Å². The number of carbonyl (C=O) groups excluding carboxylic acids is 2. The van der Waals surface area contributed by atoms with Crippen LogP contribution < -0.4 is 5.32 Å². The van der Waals surface area contributed by atoms with E-state index in [0.29, 0.717) is 30.8 Å². The lowest BCUT2D eigenvalue weighted by Gasteiger charge is -2.31. The summed E-state index contributed by atoms with van der Waals surface area (Å²) in [5.41, 5.74) is 2.12. The van der Waals surface area contributed by atoms with Gasteiger partial charge in [-0.3, -0.25) is 9.59 Å². The zero-order chi connectivity index (χ0) is 23.9. The number of benzene rings is 3. The van der Waals surface area contributed by atoms with Gasteiger partial charge < -0.3 is 10.2 Å². The van der Waals surface area contributed by atoms with E-state index in [1.54, 1.807) is 4.90 Å². The van der Waals surface area contributed by atoms with E-state index in [1.165, 1.54) is 10.8 Å². The van der Waals surface area contributed by atoms with Gasteiger partial charge in [0.1, 0.15) is 6.04 Å². The van der Waals surface area contributed by atoms with Gasteiger partial charge in [0.05, 0.1) is 0 Å². The first-order chi connectivity index (χ1) is 16.5. The smallest absolute Gasteiger partial charge is 0.243 e. The molecule has 1 atom stereocenters. The number of rotatable bonds is 9. The van der Waals surface area contributed by atoms with Crippen LogP contribution in [0.4, 0.5) is 0 Å². The van der Waals surface area contributed by atoms with Gasteiger partial charge in [0.25, 0.3) is 0 Å². The summed E-state index contributed by atoms with van der Waals surface area (Å²) in [6.45, 7) is 2.37. The molecule has 1 saturated carbocycles. The fourth-order valence-electron chi connectivity index (χ4n) is 4.97. The molecule has 1 aliphatic carbocycles. The van der Waals surface area contributed by atoms with E-state index in [2.05, 4.69) is 29.6 Å². The number of hydrogen-bond donors (Lipinski definition) is 1. The largest absolute Gasteiger partial charge is 0.352 e. The van der Waals surface area contributed by atoms with Crippen LogP contribution in [0.25, 0.3) is 10.8 Å². The van der Waals surface area contributed by atoms with Crippen LogP contribution in [0, 0.1) is 0 Å². The summed E-state index contributed by atoms with van der Waals surface area (Å²) >= 11 is 6.07. The molecule has 3 aromatic carbocycles. The fourth-order valence-corrected chi connectivity index (χ4v) is 5.10. The molecule has 0 bridgehead atoms. The molecular weight excluding hydrogens is 444 g/mol. The number of carbonyl (C=O) groups is 2. The highest BCUT2D eigenvalue weighted by Crippen LogP contribution is 2.23. The van der Waals surface area contributed by atoms with Gasteiger partial charge >= 0.3 is 0 Å². The number of nitrogens with one attached hydrogen (secondary N) is 1. The van der Waals surface area contributed by atoms with Crippen LogP contribution in [0.5, 0.6) is 0 Å². The van der Waals surface area contributed by atoms with Crippen molar-refractivity contribution in [3.8, 4) is 0 Å². The lowest BCUT2D eigenvalue weighted by atomic mass is 10.00. The van der Waals surface area contributed by atoms with Crippen molar-refractivity contribution in [2.45, 2.75) is 70.5 Å². The number of halogens is 1. The van der Waals surface area contributed by atoms with E-state index in [1.807, 2.05) is 49.4 Å². The SMILES string of the molecule is CCC(C(=O)NC1CCCC1)N(Cc1ccc(Cl)cc1)C(=O)CCc1cccc2ccccc12. The lowest BCUT2D eigenvalue weighted by molar-refractivity contribution is -0.141. The minimum atomic E-state index is -0.490. The van der Waals surface area contributed by atoms with E-state index in [4.69, 9.17) is 11.6 Å². The van der Waals surface area contributed by atoms with Crippen molar-refractivity contribution in [1.29, 1.82) is 0 Å². The first kappa shape index (κ1) is 24.3.